The van der Waals surface area contributed by atoms with Crippen LogP contribution in [0.15, 0.2) is 0 Å². The van der Waals surface area contributed by atoms with Crippen LogP contribution in [0.5, 0.6) is 0 Å². The second-order valence-electron chi connectivity index (χ2n) is 6.88. The molecule has 0 amide bonds. The van der Waals surface area contributed by atoms with Crippen molar-refractivity contribution in [2.45, 2.75) is 72.0 Å². The molecule has 2 unspecified atom stereocenters. The lowest BCUT2D eigenvalue weighted by molar-refractivity contribution is -0.0367. The van der Waals surface area contributed by atoms with Crippen LogP contribution in [0.3, 0.4) is 0 Å². The molecule has 0 spiro atoms. The summed E-state index contributed by atoms with van der Waals surface area (Å²) < 4.78 is 20.6. The first-order chi connectivity index (χ1) is 10.9. The summed E-state index contributed by atoms with van der Waals surface area (Å²) in [7, 11) is 0. The van der Waals surface area contributed by atoms with Crippen molar-refractivity contribution in [3.05, 3.63) is 0 Å². The molecule has 0 aromatic rings. The Kier molecular flexibility index (Phi) is 8.81. The lowest BCUT2D eigenvalue weighted by Gasteiger charge is -2.28. The molecule has 1 aliphatic carbocycles. The average Bonchev–Trinajstić information content (AvgIpc) is 2.45. The molecule has 23 heavy (non-hydrogen) atoms. The summed E-state index contributed by atoms with van der Waals surface area (Å²) in [6.45, 7) is 8.76. The van der Waals surface area contributed by atoms with E-state index < -0.39 is 12.3 Å². The van der Waals surface area contributed by atoms with Crippen molar-refractivity contribution in [1.82, 2.24) is 0 Å². The highest BCUT2D eigenvalue weighted by Crippen LogP contribution is 2.24. The zero-order valence-electron chi connectivity index (χ0n) is 14.7. The quantitative estimate of drug-likeness (QED) is 0.648. The summed E-state index contributed by atoms with van der Waals surface area (Å²) in [5, 5.41) is 0. The molecule has 0 bridgehead atoms. The Bertz CT molecular complexity index is 366. The summed E-state index contributed by atoms with van der Waals surface area (Å²) >= 11 is 0. The normalized spacial score (nSPS) is 21.1. The predicted octanol–water partition coefficient (Wildman–Crippen LogP) is 4.31. The third-order valence-electron chi connectivity index (χ3n) is 3.55. The number of hydrogen-bond acceptors (Lipinski definition) is 6. The fourth-order valence-corrected chi connectivity index (χ4v) is 2.27. The molecule has 0 aliphatic heterocycles. The summed E-state index contributed by atoms with van der Waals surface area (Å²) in [6, 6.07) is 0. The Morgan fingerprint density at radius 3 is 2.00 bits per heavy atom. The van der Waals surface area contributed by atoms with Gasteiger partial charge < -0.3 is 18.9 Å². The molecule has 0 saturated heterocycles. The van der Waals surface area contributed by atoms with E-state index in [-0.39, 0.29) is 18.1 Å². The molecule has 0 N–H and O–H groups in total. The minimum absolute atomic E-state index is 0.266. The Hall–Kier alpha value is -1.46. The van der Waals surface area contributed by atoms with Crippen LogP contribution in [0.1, 0.15) is 59.8 Å². The highest BCUT2D eigenvalue weighted by atomic mass is 16.7. The van der Waals surface area contributed by atoms with Crippen LogP contribution in [-0.2, 0) is 18.9 Å². The van der Waals surface area contributed by atoms with Gasteiger partial charge in [0.25, 0.3) is 0 Å². The topological polar surface area (TPSA) is 71.1 Å². The minimum Gasteiger partial charge on any atom is -0.434 e. The van der Waals surface area contributed by atoms with Gasteiger partial charge in [0, 0.05) is 6.42 Å². The van der Waals surface area contributed by atoms with E-state index in [1.54, 1.807) is 0 Å². The molecule has 1 saturated carbocycles. The minimum atomic E-state index is -0.649. The van der Waals surface area contributed by atoms with Crippen molar-refractivity contribution < 1.29 is 28.5 Å². The van der Waals surface area contributed by atoms with E-state index in [1.807, 2.05) is 13.8 Å². The molecule has 0 radical (unpaired) electrons. The highest BCUT2D eigenvalue weighted by molar-refractivity contribution is 5.60. The predicted molar refractivity (Wildman–Crippen MR) is 85.2 cm³/mol. The van der Waals surface area contributed by atoms with Gasteiger partial charge in [0.05, 0.1) is 13.2 Å². The standard InChI is InChI=1S/C17H30O6/c1-12(2)8-9-20-16(18)22-14-6-5-7-15(10-14)23-17(19)21-11-13(3)4/h12-15H,5-11H2,1-4H3. The Morgan fingerprint density at radius 2 is 1.48 bits per heavy atom. The molecule has 1 fully saturated rings. The van der Waals surface area contributed by atoms with Crippen molar-refractivity contribution in [3.63, 3.8) is 0 Å². The molecule has 6 heteroatoms. The fraction of sp³-hybridized carbons (Fsp3) is 0.882. The van der Waals surface area contributed by atoms with E-state index >= 15 is 0 Å². The van der Waals surface area contributed by atoms with E-state index in [0.29, 0.717) is 25.6 Å². The maximum Gasteiger partial charge on any atom is 0.508 e. The smallest absolute Gasteiger partial charge is 0.434 e. The van der Waals surface area contributed by atoms with E-state index in [2.05, 4.69) is 13.8 Å². The van der Waals surface area contributed by atoms with Gasteiger partial charge in [-0.05, 0) is 37.5 Å². The van der Waals surface area contributed by atoms with Gasteiger partial charge in [0.1, 0.15) is 12.2 Å². The second kappa shape index (κ2) is 10.3. The van der Waals surface area contributed by atoms with Crippen molar-refractivity contribution >= 4 is 12.3 Å². The van der Waals surface area contributed by atoms with Crippen molar-refractivity contribution in [3.8, 4) is 0 Å². The zero-order chi connectivity index (χ0) is 17.2. The molecular formula is C17H30O6. The first-order valence-electron chi connectivity index (χ1n) is 8.53. The van der Waals surface area contributed by atoms with Crippen molar-refractivity contribution in [2.75, 3.05) is 13.2 Å². The first-order valence-corrected chi connectivity index (χ1v) is 8.53. The van der Waals surface area contributed by atoms with Crippen LogP contribution >= 0.6 is 0 Å². The molecule has 134 valence electrons. The summed E-state index contributed by atoms with van der Waals surface area (Å²) in [6.07, 6.45) is 1.85. The molecule has 6 nitrogen and oxygen atoms in total. The van der Waals surface area contributed by atoms with Crippen LogP contribution in [0.4, 0.5) is 9.59 Å². The maximum absolute atomic E-state index is 11.6. The first kappa shape index (κ1) is 19.6. The van der Waals surface area contributed by atoms with Gasteiger partial charge in [-0.2, -0.15) is 0 Å². The van der Waals surface area contributed by atoms with Gasteiger partial charge in [0.2, 0.25) is 0 Å². The largest absolute Gasteiger partial charge is 0.508 e. The monoisotopic (exact) mass is 330 g/mol. The highest BCUT2D eigenvalue weighted by Gasteiger charge is 2.28. The zero-order valence-corrected chi connectivity index (χ0v) is 14.7. The number of ether oxygens (including phenoxy) is 4. The Balaban J connectivity index is 2.25. The van der Waals surface area contributed by atoms with Gasteiger partial charge >= 0.3 is 12.3 Å². The van der Waals surface area contributed by atoms with Crippen molar-refractivity contribution in [2.24, 2.45) is 11.8 Å². The summed E-state index contributed by atoms with van der Waals surface area (Å²) in [5.41, 5.74) is 0. The van der Waals surface area contributed by atoms with E-state index in [0.717, 1.165) is 25.7 Å². The number of carbonyl (C=O) groups excluding carboxylic acids is 2. The van der Waals surface area contributed by atoms with Crippen LogP contribution in [0.2, 0.25) is 0 Å². The molecule has 0 aromatic carbocycles. The van der Waals surface area contributed by atoms with Crippen molar-refractivity contribution in [1.29, 1.82) is 0 Å². The lowest BCUT2D eigenvalue weighted by atomic mass is 9.95. The third-order valence-corrected chi connectivity index (χ3v) is 3.55. The number of hydrogen-bond donors (Lipinski definition) is 0. The second-order valence-corrected chi connectivity index (χ2v) is 6.88. The maximum atomic E-state index is 11.6. The Labute approximate surface area is 138 Å². The Morgan fingerprint density at radius 1 is 0.913 bits per heavy atom. The van der Waals surface area contributed by atoms with Crippen LogP contribution in [-0.4, -0.2) is 37.7 Å². The van der Waals surface area contributed by atoms with Crippen LogP contribution < -0.4 is 0 Å². The van der Waals surface area contributed by atoms with Gasteiger partial charge in [0.15, 0.2) is 0 Å². The molecular weight excluding hydrogens is 300 g/mol. The molecule has 1 aliphatic rings. The number of carbonyl (C=O) groups is 2. The SMILES string of the molecule is CC(C)CCOC(=O)OC1CCCC(OC(=O)OCC(C)C)C1. The lowest BCUT2D eigenvalue weighted by Crippen LogP contribution is -2.32. The molecule has 0 heterocycles. The summed E-state index contributed by atoms with van der Waals surface area (Å²) in [4.78, 5) is 23.2. The van der Waals surface area contributed by atoms with Crippen LogP contribution in [0.25, 0.3) is 0 Å². The molecule has 1 rings (SSSR count). The van der Waals surface area contributed by atoms with Gasteiger partial charge in [-0.15, -0.1) is 0 Å². The third kappa shape index (κ3) is 9.31. The number of rotatable bonds is 7. The average molecular weight is 330 g/mol. The van der Waals surface area contributed by atoms with E-state index in [4.69, 9.17) is 18.9 Å². The van der Waals surface area contributed by atoms with Gasteiger partial charge in [-0.3, -0.25) is 0 Å². The van der Waals surface area contributed by atoms with Gasteiger partial charge in [-0.1, -0.05) is 27.7 Å². The molecule has 0 aromatic heterocycles. The summed E-state index contributed by atoms with van der Waals surface area (Å²) in [5.74, 6) is 0.748. The van der Waals surface area contributed by atoms with Crippen LogP contribution in [0, 0.1) is 11.8 Å². The van der Waals surface area contributed by atoms with E-state index in [1.165, 1.54) is 0 Å². The molecule has 2 atom stereocenters. The van der Waals surface area contributed by atoms with Gasteiger partial charge in [-0.25, -0.2) is 9.59 Å². The van der Waals surface area contributed by atoms with E-state index in [9.17, 15) is 9.59 Å². The fourth-order valence-electron chi connectivity index (χ4n) is 2.27.